The van der Waals surface area contributed by atoms with E-state index in [0.29, 0.717) is 0 Å². The van der Waals surface area contributed by atoms with Gasteiger partial charge in [-0.2, -0.15) is 0 Å². The van der Waals surface area contributed by atoms with Crippen LogP contribution in [-0.4, -0.2) is 32.7 Å². The van der Waals surface area contributed by atoms with Gasteiger partial charge < -0.3 is 20.1 Å². The maximum absolute atomic E-state index is 12.3. The number of halogens is 1. The van der Waals surface area contributed by atoms with Crippen molar-refractivity contribution in [1.82, 2.24) is 10.6 Å². The fraction of sp³-hybridized carbons (Fsp3) is 0.562. The molecule has 6 heteroatoms. The molecule has 1 fully saturated rings. The summed E-state index contributed by atoms with van der Waals surface area (Å²) in [5, 5.41) is 6.31. The number of piperidine rings is 1. The Kier molecular flexibility index (Phi) is 7.48. The summed E-state index contributed by atoms with van der Waals surface area (Å²) in [7, 11) is 3.25. The first-order valence-corrected chi connectivity index (χ1v) is 7.41. The molecule has 1 aliphatic heterocycles. The minimum atomic E-state index is -0.133. The second-order valence-corrected chi connectivity index (χ2v) is 5.34. The lowest BCUT2D eigenvalue weighted by Gasteiger charge is -2.25. The molecular weight excluding hydrogens is 304 g/mol. The van der Waals surface area contributed by atoms with Crippen LogP contribution in [0.4, 0.5) is 0 Å². The van der Waals surface area contributed by atoms with Crippen molar-refractivity contribution in [3.05, 3.63) is 23.8 Å². The van der Waals surface area contributed by atoms with Gasteiger partial charge in [-0.25, -0.2) is 0 Å². The smallest absolute Gasteiger partial charge is 0.237 e. The van der Waals surface area contributed by atoms with Crippen molar-refractivity contribution in [2.45, 2.75) is 38.3 Å². The van der Waals surface area contributed by atoms with Crippen LogP contribution in [0.3, 0.4) is 0 Å². The molecule has 1 aromatic carbocycles. The van der Waals surface area contributed by atoms with Crippen LogP contribution in [0.2, 0.25) is 0 Å². The van der Waals surface area contributed by atoms with Crippen molar-refractivity contribution in [1.29, 1.82) is 0 Å². The Morgan fingerprint density at radius 2 is 2.09 bits per heavy atom. The van der Waals surface area contributed by atoms with E-state index in [1.54, 1.807) is 14.2 Å². The largest absolute Gasteiger partial charge is 0.497 e. The summed E-state index contributed by atoms with van der Waals surface area (Å²) in [5.41, 5.74) is 0.918. The first-order valence-electron chi connectivity index (χ1n) is 7.41. The first kappa shape index (κ1) is 18.6. The van der Waals surface area contributed by atoms with Gasteiger partial charge in [-0.05, 0) is 44.5 Å². The van der Waals surface area contributed by atoms with E-state index in [2.05, 4.69) is 10.6 Å². The van der Waals surface area contributed by atoms with E-state index in [0.717, 1.165) is 42.9 Å². The third-order valence-corrected chi connectivity index (χ3v) is 3.89. The summed E-state index contributed by atoms with van der Waals surface area (Å²) in [6.45, 7) is 2.87. The lowest BCUT2D eigenvalue weighted by molar-refractivity contribution is -0.124. The van der Waals surface area contributed by atoms with E-state index >= 15 is 0 Å². The van der Waals surface area contributed by atoms with Crippen molar-refractivity contribution in [3.63, 3.8) is 0 Å². The molecule has 2 atom stereocenters. The van der Waals surface area contributed by atoms with Gasteiger partial charge in [0.05, 0.1) is 26.3 Å². The lowest BCUT2D eigenvalue weighted by atomic mass is 10.0. The Bertz CT molecular complexity index is 490. The van der Waals surface area contributed by atoms with Crippen molar-refractivity contribution in [3.8, 4) is 11.5 Å². The van der Waals surface area contributed by atoms with E-state index in [4.69, 9.17) is 9.47 Å². The number of carbonyl (C=O) groups is 1. The zero-order chi connectivity index (χ0) is 15.2. The number of ether oxygens (including phenoxy) is 2. The maximum atomic E-state index is 12.3. The highest BCUT2D eigenvalue weighted by Crippen LogP contribution is 2.29. The van der Waals surface area contributed by atoms with Crippen molar-refractivity contribution < 1.29 is 14.3 Å². The van der Waals surface area contributed by atoms with Gasteiger partial charge in [0.2, 0.25) is 5.91 Å². The van der Waals surface area contributed by atoms with Gasteiger partial charge in [-0.15, -0.1) is 12.4 Å². The van der Waals surface area contributed by atoms with E-state index in [-0.39, 0.29) is 30.4 Å². The van der Waals surface area contributed by atoms with Crippen LogP contribution in [0.5, 0.6) is 11.5 Å². The molecular formula is C16H25ClN2O3. The molecule has 124 valence electrons. The van der Waals surface area contributed by atoms with E-state index < -0.39 is 0 Å². The number of hydrogen-bond donors (Lipinski definition) is 2. The predicted octanol–water partition coefficient (Wildman–Crippen LogP) is 2.44. The summed E-state index contributed by atoms with van der Waals surface area (Å²) in [6, 6.07) is 5.39. The van der Waals surface area contributed by atoms with Gasteiger partial charge in [0.1, 0.15) is 11.5 Å². The molecule has 2 N–H and O–H groups in total. The SMILES string of the molecule is COc1ccc(OC)c(C(C)NC(=O)[C@@H]2CCCCN2)c1.Cl. The Labute approximate surface area is 138 Å². The van der Waals surface area contributed by atoms with Gasteiger partial charge >= 0.3 is 0 Å². The standard InChI is InChI=1S/C16H24N2O3.ClH/c1-11(18-16(19)14-6-4-5-9-17-14)13-10-12(20-2)7-8-15(13)21-3;/h7-8,10-11,14,17H,4-6,9H2,1-3H3,(H,18,19);1H/t11?,14-;/m0./s1. The monoisotopic (exact) mass is 328 g/mol. The van der Waals surface area contributed by atoms with Crippen molar-refractivity contribution in [2.24, 2.45) is 0 Å². The molecule has 0 bridgehead atoms. The highest BCUT2D eigenvalue weighted by atomic mass is 35.5. The number of carbonyl (C=O) groups excluding carboxylic acids is 1. The average molecular weight is 329 g/mol. The third kappa shape index (κ3) is 4.52. The van der Waals surface area contributed by atoms with Crippen LogP contribution in [0, 0.1) is 0 Å². The second kappa shape index (κ2) is 8.86. The Morgan fingerprint density at radius 1 is 1.32 bits per heavy atom. The Balaban J connectivity index is 0.00000242. The first-order chi connectivity index (χ1) is 10.2. The maximum Gasteiger partial charge on any atom is 0.237 e. The zero-order valence-corrected chi connectivity index (χ0v) is 14.2. The minimum Gasteiger partial charge on any atom is -0.497 e. The molecule has 0 radical (unpaired) electrons. The molecule has 22 heavy (non-hydrogen) atoms. The zero-order valence-electron chi connectivity index (χ0n) is 13.3. The molecule has 0 spiro atoms. The van der Waals surface area contributed by atoms with Crippen LogP contribution in [-0.2, 0) is 4.79 Å². The van der Waals surface area contributed by atoms with Crippen molar-refractivity contribution in [2.75, 3.05) is 20.8 Å². The fourth-order valence-corrected chi connectivity index (χ4v) is 2.65. The van der Waals surface area contributed by atoms with Gasteiger partial charge in [-0.3, -0.25) is 4.79 Å². The summed E-state index contributed by atoms with van der Waals surface area (Å²) < 4.78 is 10.6. The van der Waals surface area contributed by atoms with E-state index in [1.807, 2.05) is 25.1 Å². The summed E-state index contributed by atoms with van der Waals surface area (Å²) in [6.07, 6.45) is 3.14. The van der Waals surface area contributed by atoms with Gasteiger partial charge in [0.25, 0.3) is 0 Å². The predicted molar refractivity (Wildman–Crippen MR) is 89.0 cm³/mol. The van der Waals surface area contributed by atoms with E-state index in [1.165, 1.54) is 0 Å². The molecule has 1 saturated heterocycles. The van der Waals surface area contributed by atoms with Crippen LogP contribution in [0.25, 0.3) is 0 Å². The number of methoxy groups -OCH3 is 2. The number of hydrogen-bond acceptors (Lipinski definition) is 4. The normalized spacial score (nSPS) is 18.8. The quantitative estimate of drug-likeness (QED) is 0.871. The second-order valence-electron chi connectivity index (χ2n) is 5.34. The van der Waals surface area contributed by atoms with Crippen LogP contribution >= 0.6 is 12.4 Å². The minimum absolute atomic E-state index is 0. The van der Waals surface area contributed by atoms with Crippen LogP contribution in [0.15, 0.2) is 18.2 Å². The molecule has 1 heterocycles. The number of rotatable bonds is 5. The summed E-state index contributed by atoms with van der Waals surface area (Å²) >= 11 is 0. The third-order valence-electron chi connectivity index (χ3n) is 3.89. The number of amides is 1. The van der Waals surface area contributed by atoms with E-state index in [9.17, 15) is 4.79 Å². The number of nitrogens with one attached hydrogen (secondary N) is 2. The van der Waals surface area contributed by atoms with Gasteiger partial charge in [0, 0.05) is 5.56 Å². The molecule has 1 aromatic rings. The van der Waals surface area contributed by atoms with Gasteiger partial charge in [-0.1, -0.05) is 6.42 Å². The fourth-order valence-electron chi connectivity index (χ4n) is 2.65. The molecule has 2 rings (SSSR count). The molecule has 0 aromatic heterocycles. The summed E-state index contributed by atoms with van der Waals surface area (Å²) in [5.74, 6) is 1.55. The average Bonchev–Trinajstić information content (AvgIpc) is 2.54. The Morgan fingerprint density at radius 3 is 2.68 bits per heavy atom. The van der Waals surface area contributed by atoms with Gasteiger partial charge in [0.15, 0.2) is 0 Å². The molecule has 1 unspecified atom stereocenters. The summed E-state index contributed by atoms with van der Waals surface area (Å²) in [4.78, 5) is 12.3. The Hall–Kier alpha value is -1.46. The molecule has 0 aliphatic carbocycles. The topological polar surface area (TPSA) is 59.6 Å². The molecule has 1 amide bonds. The highest BCUT2D eigenvalue weighted by molar-refractivity contribution is 5.85. The molecule has 1 aliphatic rings. The number of benzene rings is 1. The van der Waals surface area contributed by atoms with Crippen LogP contribution in [0.1, 0.15) is 37.8 Å². The van der Waals surface area contributed by atoms with Crippen molar-refractivity contribution >= 4 is 18.3 Å². The lowest BCUT2D eigenvalue weighted by Crippen LogP contribution is -2.47. The molecule has 5 nitrogen and oxygen atoms in total. The van der Waals surface area contributed by atoms with Crippen LogP contribution < -0.4 is 20.1 Å². The molecule has 0 saturated carbocycles. The highest BCUT2D eigenvalue weighted by Gasteiger charge is 2.23.